The van der Waals surface area contributed by atoms with Crippen molar-refractivity contribution in [3.05, 3.63) is 0 Å². The van der Waals surface area contributed by atoms with Crippen molar-refractivity contribution in [3.8, 4) is 0 Å². The molecule has 3 heteroatoms. The van der Waals surface area contributed by atoms with Crippen LogP contribution in [-0.4, -0.2) is 17.3 Å². The fourth-order valence-electron chi connectivity index (χ4n) is 1.50. The highest BCUT2D eigenvalue weighted by Crippen LogP contribution is 2.30. The van der Waals surface area contributed by atoms with Crippen molar-refractivity contribution in [3.63, 3.8) is 0 Å². The third-order valence-electron chi connectivity index (χ3n) is 2.18. The highest BCUT2D eigenvalue weighted by atomic mass is 79.9. The number of alkyl halides is 1. The number of carbonyl (C=O) groups excluding carboxylic acids is 1. The molecule has 0 aliphatic heterocycles. The molecule has 0 aromatic carbocycles. The van der Waals surface area contributed by atoms with Gasteiger partial charge in [0.15, 0.2) is 0 Å². The summed E-state index contributed by atoms with van der Waals surface area (Å²) in [6.07, 6.45) is 3.79. The van der Waals surface area contributed by atoms with E-state index in [0.717, 1.165) is 6.54 Å². The molecule has 1 amide bonds. The largest absolute Gasteiger partial charge is 0.356 e. The molecule has 0 spiro atoms. The minimum Gasteiger partial charge on any atom is -0.356 e. The van der Waals surface area contributed by atoms with Crippen molar-refractivity contribution in [2.45, 2.75) is 31.0 Å². The summed E-state index contributed by atoms with van der Waals surface area (Å²) in [5.74, 6) is 0.732. The Morgan fingerprint density at radius 1 is 1.64 bits per heavy atom. The zero-order valence-electron chi connectivity index (χ0n) is 6.77. The average Bonchev–Trinajstić information content (AvgIpc) is 2.31. The van der Waals surface area contributed by atoms with E-state index in [1.165, 1.54) is 19.3 Å². The summed E-state index contributed by atoms with van der Waals surface area (Å²) in [4.78, 5) is 11.2. The maximum atomic E-state index is 10.6. The molecule has 1 aliphatic carbocycles. The first-order chi connectivity index (χ1) is 5.20. The number of amides is 1. The Hall–Kier alpha value is -0.0500. The zero-order valence-corrected chi connectivity index (χ0v) is 8.36. The number of nitrogens with one attached hydrogen (secondary N) is 1. The molecule has 1 saturated carbocycles. The third-order valence-corrected chi connectivity index (χ3v) is 3.39. The van der Waals surface area contributed by atoms with Crippen LogP contribution >= 0.6 is 15.9 Å². The molecule has 1 aliphatic rings. The van der Waals surface area contributed by atoms with E-state index in [1.807, 2.05) is 0 Å². The van der Waals surface area contributed by atoms with Crippen LogP contribution in [-0.2, 0) is 4.79 Å². The van der Waals surface area contributed by atoms with E-state index in [-0.39, 0.29) is 5.91 Å². The average molecular weight is 220 g/mol. The van der Waals surface area contributed by atoms with Gasteiger partial charge in [0.2, 0.25) is 5.91 Å². The SMILES string of the molecule is CC(=O)NCC1CCCC1Br. The van der Waals surface area contributed by atoms with Crippen LogP contribution in [0.25, 0.3) is 0 Å². The van der Waals surface area contributed by atoms with Crippen molar-refractivity contribution < 1.29 is 4.79 Å². The molecule has 0 radical (unpaired) electrons. The van der Waals surface area contributed by atoms with Crippen molar-refractivity contribution in [2.24, 2.45) is 5.92 Å². The van der Waals surface area contributed by atoms with Crippen LogP contribution in [0.15, 0.2) is 0 Å². The molecule has 0 bridgehead atoms. The molecule has 64 valence electrons. The summed E-state index contributed by atoms with van der Waals surface area (Å²) < 4.78 is 0. The third kappa shape index (κ3) is 2.81. The molecule has 2 atom stereocenters. The summed E-state index contributed by atoms with van der Waals surface area (Å²) in [5, 5.41) is 2.85. The van der Waals surface area contributed by atoms with E-state index in [0.29, 0.717) is 10.7 Å². The maximum absolute atomic E-state index is 10.6. The molecule has 2 unspecified atom stereocenters. The van der Waals surface area contributed by atoms with Crippen LogP contribution in [0.2, 0.25) is 0 Å². The maximum Gasteiger partial charge on any atom is 0.216 e. The zero-order chi connectivity index (χ0) is 8.27. The van der Waals surface area contributed by atoms with Gasteiger partial charge in [-0.25, -0.2) is 0 Å². The highest BCUT2D eigenvalue weighted by Gasteiger charge is 2.24. The first-order valence-electron chi connectivity index (χ1n) is 4.08. The molecule has 0 aromatic heterocycles. The van der Waals surface area contributed by atoms with Crippen LogP contribution < -0.4 is 5.32 Å². The van der Waals surface area contributed by atoms with Gasteiger partial charge < -0.3 is 5.32 Å². The van der Waals surface area contributed by atoms with Crippen LogP contribution in [0.1, 0.15) is 26.2 Å². The second-order valence-electron chi connectivity index (χ2n) is 3.14. The Morgan fingerprint density at radius 2 is 2.36 bits per heavy atom. The van der Waals surface area contributed by atoms with Gasteiger partial charge in [0.05, 0.1) is 0 Å². The van der Waals surface area contributed by atoms with Gasteiger partial charge in [-0.15, -0.1) is 0 Å². The monoisotopic (exact) mass is 219 g/mol. The number of rotatable bonds is 2. The molecule has 2 nitrogen and oxygen atoms in total. The van der Waals surface area contributed by atoms with Crippen LogP contribution in [0.3, 0.4) is 0 Å². The predicted octanol–water partition coefficient (Wildman–Crippen LogP) is 1.69. The predicted molar refractivity (Wildman–Crippen MR) is 48.7 cm³/mol. The molecule has 0 saturated heterocycles. The molecular weight excluding hydrogens is 206 g/mol. The van der Waals surface area contributed by atoms with E-state index in [9.17, 15) is 4.79 Å². The number of halogens is 1. The smallest absolute Gasteiger partial charge is 0.216 e. The summed E-state index contributed by atoms with van der Waals surface area (Å²) in [5.41, 5.74) is 0. The van der Waals surface area contributed by atoms with Crippen LogP contribution in [0, 0.1) is 5.92 Å². The second kappa shape index (κ2) is 4.10. The first-order valence-corrected chi connectivity index (χ1v) is 5.00. The molecule has 0 aromatic rings. The lowest BCUT2D eigenvalue weighted by molar-refractivity contribution is -0.119. The van der Waals surface area contributed by atoms with Gasteiger partial charge in [-0.05, 0) is 18.8 Å². The van der Waals surface area contributed by atoms with E-state index >= 15 is 0 Å². The van der Waals surface area contributed by atoms with E-state index in [1.54, 1.807) is 6.92 Å². The molecule has 1 N–H and O–H groups in total. The highest BCUT2D eigenvalue weighted by molar-refractivity contribution is 9.09. The lowest BCUT2D eigenvalue weighted by Crippen LogP contribution is -2.28. The van der Waals surface area contributed by atoms with Gasteiger partial charge in [-0.2, -0.15) is 0 Å². The fourth-order valence-corrected chi connectivity index (χ4v) is 2.27. The lowest BCUT2D eigenvalue weighted by Gasteiger charge is -2.13. The molecule has 1 fully saturated rings. The number of hydrogen-bond acceptors (Lipinski definition) is 1. The molecule has 11 heavy (non-hydrogen) atoms. The summed E-state index contributed by atoms with van der Waals surface area (Å²) in [6.45, 7) is 2.41. The van der Waals surface area contributed by atoms with Crippen molar-refractivity contribution in [1.82, 2.24) is 5.32 Å². The second-order valence-corrected chi connectivity index (χ2v) is 4.32. The Morgan fingerprint density at radius 3 is 2.82 bits per heavy atom. The Bertz CT molecular complexity index is 149. The van der Waals surface area contributed by atoms with Crippen molar-refractivity contribution in [1.29, 1.82) is 0 Å². The van der Waals surface area contributed by atoms with Crippen LogP contribution in [0.5, 0.6) is 0 Å². The van der Waals surface area contributed by atoms with E-state index in [2.05, 4.69) is 21.2 Å². The Kier molecular flexibility index (Phi) is 3.37. The lowest BCUT2D eigenvalue weighted by atomic mass is 10.1. The fraction of sp³-hybridized carbons (Fsp3) is 0.875. The molecular formula is C8H14BrNO. The summed E-state index contributed by atoms with van der Waals surface area (Å²) in [6, 6.07) is 0. The van der Waals surface area contributed by atoms with E-state index in [4.69, 9.17) is 0 Å². The minimum absolute atomic E-state index is 0.0802. The van der Waals surface area contributed by atoms with Crippen molar-refractivity contribution >= 4 is 21.8 Å². The minimum atomic E-state index is 0.0802. The first kappa shape index (κ1) is 9.04. The quantitative estimate of drug-likeness (QED) is 0.705. The summed E-state index contributed by atoms with van der Waals surface area (Å²) in [7, 11) is 0. The van der Waals surface area contributed by atoms with E-state index < -0.39 is 0 Å². The number of carbonyl (C=O) groups is 1. The summed E-state index contributed by atoms with van der Waals surface area (Å²) >= 11 is 3.60. The Labute approximate surface area is 75.9 Å². The van der Waals surface area contributed by atoms with Gasteiger partial charge in [0.25, 0.3) is 0 Å². The van der Waals surface area contributed by atoms with Gasteiger partial charge in [0.1, 0.15) is 0 Å². The molecule has 1 rings (SSSR count). The topological polar surface area (TPSA) is 29.1 Å². The van der Waals surface area contributed by atoms with Crippen molar-refractivity contribution in [2.75, 3.05) is 6.54 Å². The van der Waals surface area contributed by atoms with Gasteiger partial charge in [0, 0.05) is 18.3 Å². The number of hydrogen-bond donors (Lipinski definition) is 1. The Balaban J connectivity index is 2.20. The van der Waals surface area contributed by atoms with Gasteiger partial charge in [-0.1, -0.05) is 22.4 Å². The normalized spacial score (nSPS) is 30.4. The van der Waals surface area contributed by atoms with Gasteiger partial charge in [-0.3, -0.25) is 4.79 Å². The van der Waals surface area contributed by atoms with Crippen LogP contribution in [0.4, 0.5) is 0 Å². The standard InChI is InChI=1S/C8H14BrNO/c1-6(11)10-5-7-3-2-4-8(7)9/h7-8H,2-5H2,1H3,(H,10,11). The molecule has 0 heterocycles. The van der Waals surface area contributed by atoms with Gasteiger partial charge >= 0.3 is 0 Å².